The Morgan fingerprint density at radius 1 is 1.26 bits per heavy atom. The highest BCUT2D eigenvalue weighted by Gasteiger charge is 2.28. The molecule has 1 aromatic carbocycles. The van der Waals surface area contributed by atoms with Crippen LogP contribution in [-0.4, -0.2) is 29.1 Å². The molecule has 8 nitrogen and oxygen atoms in total. The number of aromatic nitrogens is 1. The summed E-state index contributed by atoms with van der Waals surface area (Å²) >= 11 is 0.871. The Balaban J connectivity index is 2.41. The van der Waals surface area contributed by atoms with Gasteiger partial charge in [-0.25, -0.2) is 0 Å². The van der Waals surface area contributed by atoms with Gasteiger partial charge in [0.1, 0.15) is 21.8 Å². The zero-order valence-electron chi connectivity index (χ0n) is 19.0. The molecule has 2 rings (SSSR count). The summed E-state index contributed by atoms with van der Waals surface area (Å²) in [6.45, 7) is 3.77. The molecule has 0 saturated carbocycles. The van der Waals surface area contributed by atoms with Crippen LogP contribution in [0.15, 0.2) is 40.8 Å². The molecule has 0 radical (unpaired) electrons. The van der Waals surface area contributed by atoms with Gasteiger partial charge in [-0.15, -0.1) is 0 Å². The number of hydrogen-bond donors (Lipinski definition) is 3. The van der Waals surface area contributed by atoms with E-state index >= 15 is 0 Å². The molecule has 0 unspecified atom stereocenters. The highest BCUT2D eigenvalue weighted by Crippen LogP contribution is 2.16. The number of hydrogen-bond acceptors (Lipinski definition) is 6. The normalized spacial score (nSPS) is 10.6. The number of alkyl halides is 3. The van der Waals surface area contributed by atoms with Crippen molar-refractivity contribution in [2.75, 3.05) is 17.2 Å². The van der Waals surface area contributed by atoms with Gasteiger partial charge in [0.15, 0.2) is 5.57 Å². The van der Waals surface area contributed by atoms with Crippen molar-refractivity contribution in [2.24, 2.45) is 5.92 Å². The Bertz CT molecular complexity index is 1400. The van der Waals surface area contributed by atoms with Crippen molar-refractivity contribution in [2.45, 2.75) is 33.5 Å². The largest absolute Gasteiger partial charge is 0.405 e. The van der Waals surface area contributed by atoms with E-state index in [1.54, 1.807) is 50.4 Å². The van der Waals surface area contributed by atoms with Gasteiger partial charge in [-0.3, -0.25) is 19.0 Å². The maximum Gasteiger partial charge on any atom is 0.405 e. The number of amides is 2. The maximum atomic E-state index is 12.6. The van der Waals surface area contributed by atoms with Crippen LogP contribution in [0.4, 0.5) is 24.5 Å². The smallest absolute Gasteiger partial charge is 0.355 e. The lowest BCUT2D eigenvalue weighted by atomic mass is 10.2. The van der Waals surface area contributed by atoms with Crippen molar-refractivity contribution in [3.63, 3.8) is 0 Å². The lowest BCUT2D eigenvalue weighted by Gasteiger charge is -2.08. The minimum atomic E-state index is -4.63. The average molecular weight is 506 g/mol. The van der Waals surface area contributed by atoms with Crippen molar-refractivity contribution < 1.29 is 22.8 Å². The Kier molecular flexibility index (Phi) is 9.26. The van der Waals surface area contributed by atoms with E-state index in [4.69, 9.17) is 5.26 Å². The van der Waals surface area contributed by atoms with Crippen LogP contribution in [0, 0.1) is 17.2 Å². The van der Waals surface area contributed by atoms with Crippen LogP contribution in [0.3, 0.4) is 0 Å². The third kappa shape index (κ3) is 8.05. The third-order valence-corrected chi connectivity index (χ3v) is 5.33. The molecule has 184 valence electrons. The first kappa shape index (κ1) is 27.2. The quantitative estimate of drug-likeness (QED) is 0.394. The summed E-state index contributed by atoms with van der Waals surface area (Å²) in [5.41, 5.74) is 5.26. The summed E-state index contributed by atoms with van der Waals surface area (Å²) in [4.78, 5) is 36.4. The van der Waals surface area contributed by atoms with Crippen LogP contribution in [0.2, 0.25) is 0 Å². The molecular formula is C23H22F3N5O3S. The zero-order chi connectivity index (χ0) is 26.2. The number of nitriles is 1. The molecular weight excluding hydrogens is 483 g/mol. The van der Waals surface area contributed by atoms with Crippen LogP contribution in [-0.2, 0) is 16.1 Å². The molecule has 2 amide bonds. The number of benzene rings is 1. The maximum absolute atomic E-state index is 12.6. The molecule has 0 atom stereocenters. The van der Waals surface area contributed by atoms with Gasteiger partial charge in [-0.2, -0.15) is 18.4 Å². The minimum absolute atomic E-state index is 0.0884. The molecule has 1 aromatic heterocycles. The highest BCUT2D eigenvalue weighted by atomic mass is 32.1. The Morgan fingerprint density at radius 2 is 1.94 bits per heavy atom. The monoisotopic (exact) mass is 505 g/mol. The zero-order valence-corrected chi connectivity index (χ0v) is 19.9. The first-order valence-corrected chi connectivity index (χ1v) is 11.1. The summed E-state index contributed by atoms with van der Waals surface area (Å²) in [7, 11) is 0. The number of nitrogens with one attached hydrogen (secondary N) is 3. The molecule has 2 aromatic rings. The van der Waals surface area contributed by atoms with Gasteiger partial charge in [-0.1, -0.05) is 42.7 Å². The molecule has 35 heavy (non-hydrogen) atoms. The summed E-state index contributed by atoms with van der Waals surface area (Å²) in [5, 5.41) is 16.5. The van der Waals surface area contributed by atoms with Crippen molar-refractivity contribution in [3.05, 3.63) is 55.6 Å². The predicted octanol–water partition coefficient (Wildman–Crippen LogP) is 2.04. The van der Waals surface area contributed by atoms with E-state index in [-0.39, 0.29) is 27.6 Å². The fraction of sp³-hybridized carbons (Fsp3) is 0.304. The molecule has 0 bridgehead atoms. The first-order chi connectivity index (χ1) is 16.4. The molecule has 0 aliphatic heterocycles. The lowest BCUT2D eigenvalue weighted by molar-refractivity contribution is -0.136. The second-order valence-electron chi connectivity index (χ2n) is 7.35. The molecule has 1 heterocycles. The summed E-state index contributed by atoms with van der Waals surface area (Å²) in [6.07, 6.45) is -3.25. The number of thiazole rings is 1. The second kappa shape index (κ2) is 11.9. The van der Waals surface area contributed by atoms with E-state index in [9.17, 15) is 27.6 Å². The number of nitrogens with zero attached hydrogens (tertiary/aromatic N) is 2. The van der Waals surface area contributed by atoms with E-state index in [1.807, 2.05) is 0 Å². The van der Waals surface area contributed by atoms with Gasteiger partial charge in [0.25, 0.3) is 11.5 Å². The van der Waals surface area contributed by atoms with Gasteiger partial charge in [0.2, 0.25) is 5.91 Å². The predicted molar refractivity (Wildman–Crippen MR) is 127 cm³/mol. The second-order valence-corrected chi connectivity index (χ2v) is 8.35. The van der Waals surface area contributed by atoms with Gasteiger partial charge in [0.05, 0.1) is 0 Å². The number of carbonyl (C=O) groups is 2. The summed E-state index contributed by atoms with van der Waals surface area (Å²) in [5.74, 6) is -1.57. The number of carbonyl (C=O) groups excluding carboxylic acids is 2. The Morgan fingerprint density at radius 3 is 2.54 bits per heavy atom. The molecule has 0 fully saturated rings. The van der Waals surface area contributed by atoms with E-state index in [0.29, 0.717) is 11.4 Å². The standard InChI is InChI=1S/C23H22F3N5O3S/c1-4-31-19(10-15(12-27)21(33)29-13-23(24,25)26)35-18(22(31)34)8-9-28-16-6-5-7-17(11-16)30-20(32)14(2)3/h5-7,9,11,14,28H,4,13H2,1-3H3,(H,29,33)(H,30,32). The Labute approximate surface area is 202 Å². The average Bonchev–Trinajstić information content (AvgIpc) is 3.09. The molecule has 0 aliphatic rings. The van der Waals surface area contributed by atoms with Crippen molar-refractivity contribution in [3.8, 4) is 6.07 Å². The van der Waals surface area contributed by atoms with Gasteiger partial charge < -0.3 is 16.0 Å². The van der Waals surface area contributed by atoms with Gasteiger partial charge >= 0.3 is 6.18 Å². The Hall–Kier alpha value is -4.03. The summed E-state index contributed by atoms with van der Waals surface area (Å²) in [6, 6.07) is 8.39. The highest BCUT2D eigenvalue weighted by molar-refractivity contribution is 7.07. The first-order valence-electron chi connectivity index (χ1n) is 10.3. The van der Waals surface area contributed by atoms with E-state index in [0.717, 1.165) is 11.3 Å². The number of anilines is 2. The molecule has 3 N–H and O–H groups in total. The third-order valence-electron chi connectivity index (χ3n) is 4.32. The molecule has 0 spiro atoms. The lowest BCUT2D eigenvalue weighted by Crippen LogP contribution is -2.34. The van der Waals surface area contributed by atoms with Gasteiger partial charge in [0, 0.05) is 30.0 Å². The van der Waals surface area contributed by atoms with Crippen LogP contribution in [0.1, 0.15) is 20.8 Å². The number of halogens is 3. The van der Waals surface area contributed by atoms with Gasteiger partial charge in [-0.05, 0) is 25.1 Å². The van der Waals surface area contributed by atoms with Crippen LogP contribution < -0.4 is 30.7 Å². The van der Waals surface area contributed by atoms with Crippen molar-refractivity contribution in [1.82, 2.24) is 9.88 Å². The minimum Gasteiger partial charge on any atom is -0.355 e. The topological polar surface area (TPSA) is 116 Å². The van der Waals surface area contributed by atoms with E-state index in [1.165, 1.54) is 16.8 Å². The van der Waals surface area contributed by atoms with Crippen molar-refractivity contribution in [1.29, 1.82) is 5.26 Å². The van der Waals surface area contributed by atoms with Crippen LogP contribution in [0.25, 0.3) is 11.5 Å². The fourth-order valence-electron chi connectivity index (χ4n) is 2.55. The van der Waals surface area contributed by atoms with Crippen LogP contribution >= 0.6 is 11.3 Å². The van der Waals surface area contributed by atoms with E-state index in [2.05, 4.69) is 22.1 Å². The fourth-order valence-corrected chi connectivity index (χ4v) is 3.54. The molecule has 0 aliphatic carbocycles. The van der Waals surface area contributed by atoms with E-state index < -0.39 is 29.8 Å². The van der Waals surface area contributed by atoms with Crippen molar-refractivity contribution >= 4 is 46.0 Å². The molecule has 12 heteroatoms. The SMILES string of the molecule is CCn1c(=C=C(C#N)C(=O)NCC(F)(F)F)sc(=C=CNc2cccc(NC(=O)C(C)C)c2)c1=O. The summed E-state index contributed by atoms with van der Waals surface area (Å²) < 4.78 is 38.4. The molecule has 0 saturated heterocycles. The van der Waals surface area contributed by atoms with Crippen LogP contribution in [0.5, 0.6) is 0 Å². The number of rotatable bonds is 7.